The molecule has 0 aromatic heterocycles. The van der Waals surface area contributed by atoms with E-state index in [1.807, 2.05) is 0 Å². The van der Waals surface area contributed by atoms with Gasteiger partial charge in [-0.15, -0.1) is 0 Å². The molecule has 1 fully saturated rings. The van der Waals surface area contributed by atoms with Gasteiger partial charge in [-0.2, -0.15) is 0 Å². The molecule has 0 aromatic carbocycles. The van der Waals surface area contributed by atoms with Gasteiger partial charge >= 0.3 is 0 Å². The normalized spacial score (nSPS) is 23.4. The molecule has 0 aliphatic carbocycles. The van der Waals surface area contributed by atoms with E-state index in [1.54, 1.807) is 0 Å². The molecule has 14 heavy (non-hydrogen) atoms. The second-order valence-electron chi connectivity index (χ2n) is 4.56. The molecule has 3 N–H and O–H groups in total. The lowest BCUT2D eigenvalue weighted by molar-refractivity contribution is 0.0452. The van der Waals surface area contributed by atoms with Gasteiger partial charge < -0.3 is 15.8 Å². The van der Waals surface area contributed by atoms with E-state index in [2.05, 4.69) is 19.2 Å². The van der Waals surface area contributed by atoms with Crippen molar-refractivity contribution in [2.24, 2.45) is 5.73 Å². The van der Waals surface area contributed by atoms with Crippen LogP contribution in [0.15, 0.2) is 0 Å². The van der Waals surface area contributed by atoms with Gasteiger partial charge in [0.15, 0.2) is 0 Å². The Morgan fingerprint density at radius 2 is 2.07 bits per heavy atom. The number of hydrogen-bond acceptors (Lipinski definition) is 3. The molecule has 0 bridgehead atoms. The molecule has 0 amide bonds. The van der Waals surface area contributed by atoms with Crippen LogP contribution in [0.25, 0.3) is 0 Å². The molecule has 1 aliphatic heterocycles. The third kappa shape index (κ3) is 3.95. The van der Waals surface area contributed by atoms with Gasteiger partial charge in [0, 0.05) is 24.8 Å². The quantitative estimate of drug-likeness (QED) is 0.702. The molecule has 0 saturated carbocycles. The van der Waals surface area contributed by atoms with E-state index in [4.69, 9.17) is 10.5 Å². The standard InChI is InChI=1S/C11H24N2O/c1-3-10(12)4-7-13-11(2)5-8-14-9-6-11/h10,13H,3-9,12H2,1-2H3. The molecule has 84 valence electrons. The Balaban J connectivity index is 2.15. The van der Waals surface area contributed by atoms with Crippen molar-refractivity contribution in [3.05, 3.63) is 0 Å². The predicted octanol–water partition coefficient (Wildman–Crippen LogP) is 1.27. The fourth-order valence-corrected chi connectivity index (χ4v) is 1.76. The van der Waals surface area contributed by atoms with Gasteiger partial charge in [0.05, 0.1) is 0 Å². The first-order valence-electron chi connectivity index (χ1n) is 5.74. The highest BCUT2D eigenvalue weighted by atomic mass is 16.5. The molecule has 1 saturated heterocycles. The van der Waals surface area contributed by atoms with Gasteiger partial charge in [0.2, 0.25) is 0 Å². The number of rotatable bonds is 5. The Bertz CT molecular complexity index is 155. The first kappa shape index (κ1) is 12.0. The lowest BCUT2D eigenvalue weighted by Crippen LogP contribution is -2.47. The first-order valence-corrected chi connectivity index (χ1v) is 5.74. The van der Waals surface area contributed by atoms with E-state index in [-0.39, 0.29) is 5.54 Å². The summed E-state index contributed by atoms with van der Waals surface area (Å²) in [6.45, 7) is 7.24. The Morgan fingerprint density at radius 3 is 2.64 bits per heavy atom. The zero-order valence-corrected chi connectivity index (χ0v) is 9.51. The van der Waals surface area contributed by atoms with E-state index in [9.17, 15) is 0 Å². The Kier molecular flexibility index (Phi) is 4.85. The molecule has 3 nitrogen and oxygen atoms in total. The van der Waals surface area contributed by atoms with Crippen LogP contribution >= 0.6 is 0 Å². The van der Waals surface area contributed by atoms with Crippen molar-refractivity contribution in [2.75, 3.05) is 19.8 Å². The SMILES string of the molecule is CCC(N)CCNC1(C)CCOCC1. The van der Waals surface area contributed by atoms with Crippen molar-refractivity contribution in [3.63, 3.8) is 0 Å². The van der Waals surface area contributed by atoms with Gasteiger partial charge in [-0.1, -0.05) is 6.92 Å². The zero-order valence-electron chi connectivity index (χ0n) is 9.51. The summed E-state index contributed by atoms with van der Waals surface area (Å²) in [6.07, 6.45) is 4.39. The van der Waals surface area contributed by atoms with Gasteiger partial charge in [-0.05, 0) is 39.2 Å². The lowest BCUT2D eigenvalue weighted by atomic mass is 9.92. The molecular weight excluding hydrogens is 176 g/mol. The zero-order chi connectivity index (χ0) is 10.4. The minimum atomic E-state index is 0.283. The van der Waals surface area contributed by atoms with E-state index in [0.29, 0.717) is 6.04 Å². The maximum Gasteiger partial charge on any atom is 0.0483 e. The van der Waals surface area contributed by atoms with Crippen molar-refractivity contribution in [1.29, 1.82) is 0 Å². The van der Waals surface area contributed by atoms with Crippen LogP contribution in [-0.4, -0.2) is 31.3 Å². The van der Waals surface area contributed by atoms with Gasteiger partial charge in [0.25, 0.3) is 0 Å². The van der Waals surface area contributed by atoms with Crippen LogP contribution in [0.3, 0.4) is 0 Å². The first-order chi connectivity index (χ1) is 6.66. The second kappa shape index (κ2) is 5.69. The van der Waals surface area contributed by atoms with E-state index in [0.717, 1.165) is 45.4 Å². The van der Waals surface area contributed by atoms with Crippen molar-refractivity contribution in [2.45, 2.75) is 51.1 Å². The van der Waals surface area contributed by atoms with E-state index >= 15 is 0 Å². The minimum Gasteiger partial charge on any atom is -0.381 e. The summed E-state index contributed by atoms with van der Waals surface area (Å²) in [6, 6.07) is 0.353. The second-order valence-corrected chi connectivity index (χ2v) is 4.56. The van der Waals surface area contributed by atoms with Crippen molar-refractivity contribution < 1.29 is 4.74 Å². The van der Waals surface area contributed by atoms with Crippen molar-refractivity contribution in [1.82, 2.24) is 5.32 Å². The van der Waals surface area contributed by atoms with Crippen LogP contribution in [0.1, 0.15) is 39.5 Å². The maximum atomic E-state index is 5.87. The number of ether oxygens (including phenoxy) is 1. The van der Waals surface area contributed by atoms with Crippen LogP contribution < -0.4 is 11.1 Å². The lowest BCUT2D eigenvalue weighted by Gasteiger charge is -2.35. The average Bonchev–Trinajstić information content (AvgIpc) is 2.18. The Morgan fingerprint density at radius 1 is 1.43 bits per heavy atom. The molecule has 1 rings (SSSR count). The molecule has 1 aliphatic rings. The minimum absolute atomic E-state index is 0.283. The summed E-state index contributed by atoms with van der Waals surface area (Å²) in [5.74, 6) is 0. The molecule has 1 atom stereocenters. The fourth-order valence-electron chi connectivity index (χ4n) is 1.76. The molecule has 0 radical (unpaired) electrons. The topological polar surface area (TPSA) is 47.3 Å². The highest BCUT2D eigenvalue weighted by Gasteiger charge is 2.26. The summed E-state index contributed by atoms with van der Waals surface area (Å²) in [7, 11) is 0. The number of hydrogen-bond donors (Lipinski definition) is 2. The summed E-state index contributed by atoms with van der Waals surface area (Å²) >= 11 is 0. The summed E-state index contributed by atoms with van der Waals surface area (Å²) in [4.78, 5) is 0. The summed E-state index contributed by atoms with van der Waals surface area (Å²) < 4.78 is 5.35. The predicted molar refractivity (Wildman–Crippen MR) is 59.3 cm³/mol. The molecule has 3 heteroatoms. The summed E-state index contributed by atoms with van der Waals surface area (Å²) in [5, 5.41) is 3.60. The number of nitrogens with one attached hydrogen (secondary N) is 1. The molecule has 0 spiro atoms. The van der Waals surface area contributed by atoms with Gasteiger partial charge in [-0.3, -0.25) is 0 Å². The molecule has 0 aromatic rings. The monoisotopic (exact) mass is 200 g/mol. The average molecular weight is 200 g/mol. The molecule has 1 heterocycles. The Hall–Kier alpha value is -0.120. The third-order valence-corrected chi connectivity index (χ3v) is 3.19. The van der Waals surface area contributed by atoms with Crippen LogP contribution in [-0.2, 0) is 4.74 Å². The molecular formula is C11H24N2O. The highest BCUT2D eigenvalue weighted by molar-refractivity contribution is 4.85. The van der Waals surface area contributed by atoms with E-state index < -0.39 is 0 Å². The third-order valence-electron chi connectivity index (χ3n) is 3.19. The van der Waals surface area contributed by atoms with E-state index in [1.165, 1.54) is 0 Å². The van der Waals surface area contributed by atoms with Crippen molar-refractivity contribution in [3.8, 4) is 0 Å². The van der Waals surface area contributed by atoms with Crippen LogP contribution in [0.4, 0.5) is 0 Å². The smallest absolute Gasteiger partial charge is 0.0483 e. The highest BCUT2D eigenvalue weighted by Crippen LogP contribution is 2.19. The van der Waals surface area contributed by atoms with Crippen LogP contribution in [0.5, 0.6) is 0 Å². The van der Waals surface area contributed by atoms with Crippen LogP contribution in [0, 0.1) is 0 Å². The van der Waals surface area contributed by atoms with Gasteiger partial charge in [-0.25, -0.2) is 0 Å². The van der Waals surface area contributed by atoms with Gasteiger partial charge in [0.1, 0.15) is 0 Å². The van der Waals surface area contributed by atoms with Crippen molar-refractivity contribution >= 4 is 0 Å². The summed E-state index contributed by atoms with van der Waals surface area (Å²) in [5.41, 5.74) is 6.15. The number of nitrogens with two attached hydrogens (primary N) is 1. The largest absolute Gasteiger partial charge is 0.381 e. The maximum absolute atomic E-state index is 5.87. The van der Waals surface area contributed by atoms with Crippen LogP contribution in [0.2, 0.25) is 0 Å². The Labute approximate surface area is 87.4 Å². The molecule has 1 unspecified atom stereocenters. The fraction of sp³-hybridized carbons (Fsp3) is 1.00.